The zero-order chi connectivity index (χ0) is 22.7. The molecule has 0 spiro atoms. The second kappa shape index (κ2) is 8.76. The Labute approximate surface area is 182 Å². The smallest absolute Gasteiger partial charge is 0.325 e. The number of aromatic nitrogens is 4. The minimum atomic E-state index is -0.616. The molecule has 0 radical (unpaired) electrons. The molecule has 0 aliphatic carbocycles. The summed E-state index contributed by atoms with van der Waals surface area (Å²) in [6.07, 6.45) is 4.61. The van der Waals surface area contributed by atoms with Crippen LogP contribution in [-0.4, -0.2) is 30.8 Å². The second-order valence-electron chi connectivity index (χ2n) is 7.17. The van der Waals surface area contributed by atoms with Gasteiger partial charge < -0.3 is 5.32 Å². The number of pyridine rings is 2. The van der Waals surface area contributed by atoms with Gasteiger partial charge in [0, 0.05) is 29.8 Å². The largest absolute Gasteiger partial charge is 0.332 e. The summed E-state index contributed by atoms with van der Waals surface area (Å²) in [4.78, 5) is 58.3. The molecule has 9 heteroatoms. The van der Waals surface area contributed by atoms with Gasteiger partial charge in [-0.05, 0) is 61.0 Å². The molecule has 9 nitrogen and oxygen atoms in total. The summed E-state index contributed by atoms with van der Waals surface area (Å²) < 4.78 is 2.28. The van der Waals surface area contributed by atoms with Crippen LogP contribution in [0.1, 0.15) is 22.8 Å². The maximum Gasteiger partial charge on any atom is 0.332 e. The SMILES string of the molecule is CC(=O)c1ccc(NC(=O)Cn2c(=O)n(Cc3ccncc3)c(=O)c3ncccc32)cc1. The molecule has 0 aliphatic heterocycles. The molecule has 0 saturated heterocycles. The maximum atomic E-state index is 13.2. The number of carbonyl (C=O) groups excluding carboxylic acids is 2. The van der Waals surface area contributed by atoms with Gasteiger partial charge in [0.2, 0.25) is 5.91 Å². The van der Waals surface area contributed by atoms with Gasteiger partial charge in [-0.1, -0.05) is 0 Å². The van der Waals surface area contributed by atoms with Gasteiger partial charge in [0.15, 0.2) is 11.3 Å². The van der Waals surface area contributed by atoms with Gasteiger partial charge >= 0.3 is 5.69 Å². The van der Waals surface area contributed by atoms with Crippen molar-refractivity contribution >= 4 is 28.4 Å². The molecule has 0 atom stereocenters. The van der Waals surface area contributed by atoms with Crippen molar-refractivity contribution in [3.63, 3.8) is 0 Å². The Morgan fingerprint density at radius 3 is 2.34 bits per heavy atom. The highest BCUT2D eigenvalue weighted by Gasteiger charge is 2.16. The summed E-state index contributed by atoms with van der Waals surface area (Å²) >= 11 is 0. The number of fused-ring (bicyclic) bond motifs is 1. The first-order valence-electron chi connectivity index (χ1n) is 9.82. The fourth-order valence-corrected chi connectivity index (χ4v) is 3.34. The van der Waals surface area contributed by atoms with Crippen LogP contribution in [0.3, 0.4) is 0 Å². The minimum absolute atomic E-state index is 0.0286. The van der Waals surface area contributed by atoms with E-state index >= 15 is 0 Å². The van der Waals surface area contributed by atoms with Gasteiger partial charge in [0.25, 0.3) is 5.56 Å². The Hall–Kier alpha value is -4.40. The molecule has 0 fully saturated rings. The summed E-state index contributed by atoms with van der Waals surface area (Å²) in [7, 11) is 0. The third-order valence-corrected chi connectivity index (χ3v) is 4.95. The molecular formula is C23H19N5O4. The third kappa shape index (κ3) is 4.22. The molecule has 32 heavy (non-hydrogen) atoms. The fraction of sp³-hybridized carbons (Fsp3) is 0.130. The van der Waals surface area contributed by atoms with Crippen LogP contribution in [0.15, 0.2) is 76.7 Å². The molecule has 1 N–H and O–H groups in total. The van der Waals surface area contributed by atoms with Crippen molar-refractivity contribution in [3.8, 4) is 0 Å². The van der Waals surface area contributed by atoms with Crippen molar-refractivity contribution in [2.24, 2.45) is 0 Å². The molecule has 0 bridgehead atoms. The number of anilines is 1. The van der Waals surface area contributed by atoms with Crippen LogP contribution in [0, 0.1) is 0 Å². The van der Waals surface area contributed by atoms with Crippen molar-refractivity contribution < 1.29 is 9.59 Å². The lowest BCUT2D eigenvalue weighted by atomic mass is 10.1. The van der Waals surface area contributed by atoms with E-state index < -0.39 is 17.2 Å². The highest BCUT2D eigenvalue weighted by molar-refractivity contribution is 5.95. The topological polar surface area (TPSA) is 116 Å². The number of amides is 1. The standard InChI is InChI=1S/C23H19N5O4/c1-15(29)17-4-6-18(7-5-17)26-20(30)14-27-19-3-2-10-25-21(19)22(31)28(23(27)32)13-16-8-11-24-12-9-16/h2-12H,13-14H2,1H3,(H,26,30). The number of carbonyl (C=O) groups is 2. The Morgan fingerprint density at radius 2 is 1.66 bits per heavy atom. The lowest BCUT2D eigenvalue weighted by molar-refractivity contribution is -0.116. The number of ketones is 1. The quantitative estimate of drug-likeness (QED) is 0.468. The van der Waals surface area contributed by atoms with E-state index in [1.807, 2.05) is 0 Å². The number of Topliss-reactive ketones (excluding diaryl/α,β-unsaturated/α-hetero) is 1. The first-order chi connectivity index (χ1) is 15.4. The maximum absolute atomic E-state index is 13.2. The van der Waals surface area contributed by atoms with Gasteiger partial charge in [-0.25, -0.2) is 9.78 Å². The molecular weight excluding hydrogens is 410 g/mol. The monoisotopic (exact) mass is 429 g/mol. The molecule has 4 rings (SSSR count). The van der Waals surface area contributed by atoms with Gasteiger partial charge in [-0.3, -0.25) is 28.5 Å². The Kier molecular flexibility index (Phi) is 5.71. The first kappa shape index (κ1) is 20.9. The number of hydrogen-bond donors (Lipinski definition) is 1. The molecule has 3 heterocycles. The summed E-state index contributed by atoms with van der Waals surface area (Å²) in [5.74, 6) is -0.535. The Balaban J connectivity index is 1.69. The van der Waals surface area contributed by atoms with E-state index in [9.17, 15) is 19.2 Å². The lowest BCUT2D eigenvalue weighted by Gasteiger charge is -2.14. The number of rotatable bonds is 6. The average Bonchev–Trinajstić information content (AvgIpc) is 2.80. The van der Waals surface area contributed by atoms with Crippen LogP contribution >= 0.6 is 0 Å². The number of nitrogens with one attached hydrogen (secondary N) is 1. The first-order valence-corrected chi connectivity index (χ1v) is 9.82. The lowest BCUT2D eigenvalue weighted by Crippen LogP contribution is -2.42. The number of hydrogen-bond acceptors (Lipinski definition) is 6. The minimum Gasteiger partial charge on any atom is -0.325 e. The van der Waals surface area contributed by atoms with Crippen LogP contribution < -0.4 is 16.6 Å². The summed E-state index contributed by atoms with van der Waals surface area (Å²) in [5.41, 5.74) is 0.958. The predicted octanol–water partition coefficient (Wildman–Crippen LogP) is 1.84. The van der Waals surface area contributed by atoms with Gasteiger partial charge in [-0.15, -0.1) is 0 Å². The molecule has 160 valence electrons. The van der Waals surface area contributed by atoms with E-state index in [-0.39, 0.29) is 29.9 Å². The average molecular weight is 429 g/mol. The van der Waals surface area contributed by atoms with Crippen LogP contribution in [0.2, 0.25) is 0 Å². The normalized spacial score (nSPS) is 10.8. The van der Waals surface area contributed by atoms with E-state index in [2.05, 4.69) is 15.3 Å². The molecule has 0 saturated carbocycles. The zero-order valence-corrected chi connectivity index (χ0v) is 17.2. The van der Waals surface area contributed by atoms with Crippen LogP contribution in [0.4, 0.5) is 5.69 Å². The number of nitrogens with zero attached hydrogens (tertiary/aromatic N) is 4. The van der Waals surface area contributed by atoms with E-state index in [4.69, 9.17) is 0 Å². The van der Waals surface area contributed by atoms with E-state index in [1.54, 1.807) is 60.9 Å². The molecule has 0 unspecified atom stereocenters. The van der Waals surface area contributed by atoms with Crippen molar-refractivity contribution in [2.45, 2.75) is 20.0 Å². The summed E-state index contributed by atoms with van der Waals surface area (Å²) in [6, 6.07) is 13.0. The summed E-state index contributed by atoms with van der Waals surface area (Å²) in [5, 5.41) is 2.71. The third-order valence-electron chi connectivity index (χ3n) is 4.95. The van der Waals surface area contributed by atoms with Crippen molar-refractivity contribution in [3.05, 3.63) is 99.1 Å². The van der Waals surface area contributed by atoms with Crippen LogP contribution in [-0.2, 0) is 17.9 Å². The van der Waals surface area contributed by atoms with Crippen molar-refractivity contribution in [2.75, 3.05) is 5.32 Å². The van der Waals surface area contributed by atoms with Gasteiger partial charge in [0.05, 0.1) is 12.1 Å². The van der Waals surface area contributed by atoms with Crippen LogP contribution in [0.25, 0.3) is 11.0 Å². The van der Waals surface area contributed by atoms with Crippen molar-refractivity contribution in [1.29, 1.82) is 0 Å². The predicted molar refractivity (Wildman–Crippen MR) is 119 cm³/mol. The molecule has 1 amide bonds. The highest BCUT2D eigenvalue weighted by Crippen LogP contribution is 2.11. The van der Waals surface area contributed by atoms with E-state index in [1.165, 1.54) is 17.7 Å². The fourth-order valence-electron chi connectivity index (χ4n) is 3.34. The van der Waals surface area contributed by atoms with E-state index in [0.29, 0.717) is 11.3 Å². The van der Waals surface area contributed by atoms with E-state index in [0.717, 1.165) is 10.1 Å². The summed E-state index contributed by atoms with van der Waals surface area (Å²) in [6.45, 7) is 1.17. The molecule has 0 aliphatic rings. The number of benzene rings is 1. The van der Waals surface area contributed by atoms with Gasteiger partial charge in [0.1, 0.15) is 6.54 Å². The van der Waals surface area contributed by atoms with Crippen molar-refractivity contribution in [1.82, 2.24) is 19.1 Å². The molecule has 4 aromatic rings. The molecule has 3 aromatic heterocycles. The molecule has 1 aromatic carbocycles. The highest BCUT2D eigenvalue weighted by atomic mass is 16.2. The Morgan fingerprint density at radius 1 is 0.938 bits per heavy atom. The van der Waals surface area contributed by atoms with Gasteiger partial charge in [-0.2, -0.15) is 0 Å². The Bertz CT molecular complexity index is 1420. The zero-order valence-electron chi connectivity index (χ0n) is 17.2. The van der Waals surface area contributed by atoms with Crippen LogP contribution in [0.5, 0.6) is 0 Å². The second-order valence-corrected chi connectivity index (χ2v) is 7.17.